The molecule has 0 saturated heterocycles. The molecule has 1 fully saturated rings. The molecule has 1 saturated carbocycles. The molecule has 0 radical (unpaired) electrons. The van der Waals surface area contributed by atoms with E-state index in [9.17, 15) is 18.0 Å². The Bertz CT molecular complexity index is 241. The molecule has 0 bridgehead atoms. The fraction of sp³-hybridized carbons (Fsp3) is 0.889. The SMILES string of the molecule is O=C(COCC(F)(F)F)N(CCO)C1CC1. The topological polar surface area (TPSA) is 49.8 Å². The first-order valence-electron chi connectivity index (χ1n) is 4.99. The van der Waals surface area contributed by atoms with Crippen LogP contribution in [0, 0.1) is 0 Å². The Morgan fingerprint density at radius 3 is 2.50 bits per heavy atom. The zero-order valence-electron chi connectivity index (χ0n) is 8.66. The molecule has 0 atom stereocenters. The Kier molecular flexibility index (Phi) is 4.55. The van der Waals surface area contributed by atoms with E-state index in [0.717, 1.165) is 12.8 Å². The lowest BCUT2D eigenvalue weighted by Crippen LogP contribution is -2.38. The van der Waals surface area contributed by atoms with Gasteiger partial charge in [-0.2, -0.15) is 13.2 Å². The minimum atomic E-state index is -4.42. The number of aliphatic hydroxyl groups is 1. The number of ether oxygens (including phenoxy) is 1. The first kappa shape index (κ1) is 13.2. The van der Waals surface area contributed by atoms with E-state index in [0.29, 0.717) is 0 Å². The highest BCUT2D eigenvalue weighted by molar-refractivity contribution is 5.78. The maximum absolute atomic E-state index is 11.7. The maximum atomic E-state index is 11.7. The average Bonchev–Trinajstić information content (AvgIpc) is 2.95. The lowest BCUT2D eigenvalue weighted by atomic mass is 10.4. The fourth-order valence-corrected chi connectivity index (χ4v) is 1.34. The summed E-state index contributed by atoms with van der Waals surface area (Å²) in [6.07, 6.45) is -2.74. The summed E-state index contributed by atoms with van der Waals surface area (Å²) in [6, 6.07) is 0.0640. The first-order chi connectivity index (χ1) is 7.44. The normalized spacial score (nSPS) is 16.2. The Hall–Kier alpha value is -0.820. The van der Waals surface area contributed by atoms with E-state index in [-0.39, 0.29) is 19.2 Å². The van der Waals surface area contributed by atoms with Crippen molar-refractivity contribution < 1.29 is 27.8 Å². The molecule has 0 spiro atoms. The van der Waals surface area contributed by atoms with Crippen molar-refractivity contribution in [3.63, 3.8) is 0 Å². The third-order valence-electron chi connectivity index (χ3n) is 2.14. The van der Waals surface area contributed by atoms with Gasteiger partial charge in [0.1, 0.15) is 13.2 Å². The van der Waals surface area contributed by atoms with Gasteiger partial charge in [-0.25, -0.2) is 0 Å². The monoisotopic (exact) mass is 241 g/mol. The standard InChI is InChI=1S/C9H14F3NO3/c10-9(11,12)6-16-5-8(15)13(3-4-14)7-1-2-7/h7,14H,1-6H2. The molecule has 1 N–H and O–H groups in total. The van der Waals surface area contributed by atoms with Gasteiger partial charge in [0.25, 0.3) is 0 Å². The second-order valence-electron chi connectivity index (χ2n) is 3.65. The van der Waals surface area contributed by atoms with Gasteiger partial charge in [0.05, 0.1) is 6.61 Å². The van der Waals surface area contributed by atoms with E-state index >= 15 is 0 Å². The quantitative estimate of drug-likeness (QED) is 0.738. The van der Waals surface area contributed by atoms with E-state index in [4.69, 9.17) is 5.11 Å². The van der Waals surface area contributed by atoms with Crippen LogP contribution in [0.2, 0.25) is 0 Å². The smallest absolute Gasteiger partial charge is 0.395 e. The number of hydrogen-bond donors (Lipinski definition) is 1. The second kappa shape index (κ2) is 5.49. The van der Waals surface area contributed by atoms with E-state index < -0.39 is 25.3 Å². The fourth-order valence-electron chi connectivity index (χ4n) is 1.34. The van der Waals surface area contributed by atoms with Crippen molar-refractivity contribution in [1.82, 2.24) is 4.90 Å². The number of carbonyl (C=O) groups is 1. The largest absolute Gasteiger partial charge is 0.411 e. The molecule has 94 valence electrons. The number of hydrogen-bond acceptors (Lipinski definition) is 3. The van der Waals surface area contributed by atoms with Crippen LogP contribution >= 0.6 is 0 Å². The summed E-state index contributed by atoms with van der Waals surface area (Å²) in [5.74, 6) is -0.499. The Balaban J connectivity index is 2.26. The second-order valence-corrected chi connectivity index (χ2v) is 3.65. The zero-order valence-corrected chi connectivity index (χ0v) is 8.66. The molecule has 1 rings (SSSR count). The number of nitrogens with zero attached hydrogens (tertiary/aromatic N) is 1. The molecule has 16 heavy (non-hydrogen) atoms. The van der Waals surface area contributed by atoms with Crippen LogP contribution in [-0.4, -0.2) is 54.5 Å². The maximum Gasteiger partial charge on any atom is 0.411 e. The van der Waals surface area contributed by atoms with Gasteiger partial charge in [-0.15, -0.1) is 0 Å². The first-order valence-corrected chi connectivity index (χ1v) is 4.99. The van der Waals surface area contributed by atoms with E-state index in [1.807, 2.05) is 0 Å². The molecular formula is C9H14F3NO3. The number of amides is 1. The molecule has 0 aromatic rings. The third-order valence-corrected chi connectivity index (χ3v) is 2.14. The zero-order chi connectivity index (χ0) is 12.2. The highest BCUT2D eigenvalue weighted by Crippen LogP contribution is 2.26. The highest BCUT2D eigenvalue weighted by atomic mass is 19.4. The predicted molar refractivity (Wildman–Crippen MR) is 48.7 cm³/mol. The summed E-state index contributed by atoms with van der Waals surface area (Å²) < 4.78 is 39.5. The molecule has 1 amide bonds. The summed E-state index contributed by atoms with van der Waals surface area (Å²) in [7, 11) is 0. The van der Waals surface area contributed by atoms with Crippen molar-refractivity contribution in [3.8, 4) is 0 Å². The average molecular weight is 241 g/mol. The van der Waals surface area contributed by atoms with Gasteiger partial charge in [-0.05, 0) is 12.8 Å². The van der Waals surface area contributed by atoms with Crippen molar-refractivity contribution in [1.29, 1.82) is 0 Å². The summed E-state index contributed by atoms with van der Waals surface area (Å²) in [4.78, 5) is 12.8. The number of carbonyl (C=O) groups excluding carboxylic acids is 1. The number of rotatable bonds is 6. The lowest BCUT2D eigenvalue weighted by molar-refractivity contribution is -0.178. The van der Waals surface area contributed by atoms with Gasteiger partial charge in [0.2, 0.25) is 5.91 Å². The molecule has 0 heterocycles. The van der Waals surface area contributed by atoms with Crippen molar-refractivity contribution in [3.05, 3.63) is 0 Å². The lowest BCUT2D eigenvalue weighted by Gasteiger charge is -2.21. The Morgan fingerprint density at radius 1 is 1.44 bits per heavy atom. The van der Waals surface area contributed by atoms with E-state index in [1.54, 1.807) is 0 Å². The van der Waals surface area contributed by atoms with Crippen molar-refractivity contribution in [2.45, 2.75) is 25.1 Å². The van der Waals surface area contributed by atoms with Gasteiger partial charge in [-0.3, -0.25) is 4.79 Å². The van der Waals surface area contributed by atoms with Gasteiger partial charge in [-0.1, -0.05) is 0 Å². The minimum Gasteiger partial charge on any atom is -0.395 e. The van der Waals surface area contributed by atoms with Gasteiger partial charge >= 0.3 is 6.18 Å². The minimum absolute atomic E-state index is 0.0640. The molecule has 1 aliphatic rings. The molecule has 0 aromatic carbocycles. The van der Waals surface area contributed by atoms with Crippen LogP contribution in [0.4, 0.5) is 13.2 Å². The number of halogens is 3. The molecular weight excluding hydrogens is 227 g/mol. The summed E-state index contributed by atoms with van der Waals surface area (Å²) in [5.41, 5.74) is 0. The molecule has 0 aliphatic heterocycles. The van der Waals surface area contributed by atoms with Crippen molar-refractivity contribution >= 4 is 5.91 Å². The van der Waals surface area contributed by atoms with Gasteiger partial charge in [0, 0.05) is 12.6 Å². The van der Waals surface area contributed by atoms with Crippen molar-refractivity contribution in [2.75, 3.05) is 26.4 Å². The van der Waals surface area contributed by atoms with E-state index in [2.05, 4.69) is 4.74 Å². The van der Waals surface area contributed by atoms with Crippen LogP contribution in [-0.2, 0) is 9.53 Å². The summed E-state index contributed by atoms with van der Waals surface area (Å²) >= 11 is 0. The summed E-state index contributed by atoms with van der Waals surface area (Å²) in [5, 5.41) is 8.70. The van der Waals surface area contributed by atoms with E-state index in [1.165, 1.54) is 4.90 Å². The predicted octanol–water partition coefficient (Wildman–Crippen LogP) is 0.549. The molecule has 0 unspecified atom stereocenters. The molecule has 7 heteroatoms. The summed E-state index contributed by atoms with van der Waals surface area (Å²) in [6.45, 7) is -2.05. The van der Waals surface area contributed by atoms with Crippen LogP contribution in [0.3, 0.4) is 0 Å². The van der Waals surface area contributed by atoms with Gasteiger partial charge in [0.15, 0.2) is 0 Å². The van der Waals surface area contributed by atoms with Crippen LogP contribution < -0.4 is 0 Å². The van der Waals surface area contributed by atoms with Crippen LogP contribution in [0.15, 0.2) is 0 Å². The Labute approximate surface area is 91.0 Å². The number of alkyl halides is 3. The Morgan fingerprint density at radius 2 is 2.06 bits per heavy atom. The number of aliphatic hydroxyl groups excluding tert-OH is 1. The van der Waals surface area contributed by atoms with Crippen LogP contribution in [0.1, 0.15) is 12.8 Å². The van der Waals surface area contributed by atoms with Crippen molar-refractivity contribution in [2.24, 2.45) is 0 Å². The molecule has 0 aromatic heterocycles. The highest BCUT2D eigenvalue weighted by Gasteiger charge is 2.33. The third kappa shape index (κ3) is 4.80. The van der Waals surface area contributed by atoms with Gasteiger partial charge < -0.3 is 14.7 Å². The molecule has 1 aliphatic carbocycles. The molecule has 4 nitrogen and oxygen atoms in total. The van der Waals surface area contributed by atoms with Crippen LogP contribution in [0.25, 0.3) is 0 Å². The van der Waals surface area contributed by atoms with Crippen LogP contribution in [0.5, 0.6) is 0 Å².